The molecular formula is C14H20N2O3. The zero-order valence-electron chi connectivity index (χ0n) is 11.2. The van der Waals surface area contributed by atoms with Gasteiger partial charge >= 0.3 is 0 Å². The molecule has 0 heterocycles. The van der Waals surface area contributed by atoms with Crippen LogP contribution in [0, 0.1) is 23.0 Å². The minimum Gasteiger partial charge on any atom is -0.385 e. The van der Waals surface area contributed by atoms with Crippen LogP contribution in [0.3, 0.4) is 0 Å². The van der Waals surface area contributed by atoms with Crippen molar-refractivity contribution >= 4 is 11.4 Å². The van der Waals surface area contributed by atoms with E-state index >= 15 is 0 Å². The number of benzene rings is 1. The van der Waals surface area contributed by atoms with Gasteiger partial charge in [-0.05, 0) is 38.2 Å². The molecule has 1 aromatic rings. The highest BCUT2D eigenvalue weighted by Crippen LogP contribution is 2.28. The van der Waals surface area contributed by atoms with Crippen LogP contribution in [0.25, 0.3) is 0 Å². The minimum atomic E-state index is -0.348. The molecule has 1 saturated carbocycles. The Balaban J connectivity index is 1.69. The first-order valence-corrected chi connectivity index (χ1v) is 6.73. The molecule has 1 fully saturated rings. The van der Waals surface area contributed by atoms with Gasteiger partial charge in [0, 0.05) is 37.1 Å². The number of rotatable bonds is 8. The summed E-state index contributed by atoms with van der Waals surface area (Å²) in [6.07, 6.45) is 3.53. The van der Waals surface area contributed by atoms with Crippen LogP contribution in [-0.2, 0) is 4.74 Å². The van der Waals surface area contributed by atoms with Crippen molar-refractivity contribution in [2.75, 3.05) is 25.1 Å². The molecule has 1 aliphatic rings. The lowest BCUT2D eigenvalue weighted by atomic mass is 10.2. The summed E-state index contributed by atoms with van der Waals surface area (Å²) < 4.78 is 5.53. The Hall–Kier alpha value is -1.62. The van der Waals surface area contributed by atoms with Crippen LogP contribution in [0.5, 0.6) is 0 Å². The van der Waals surface area contributed by atoms with Crippen molar-refractivity contribution in [1.29, 1.82) is 0 Å². The lowest BCUT2D eigenvalue weighted by Crippen LogP contribution is -2.07. The lowest BCUT2D eigenvalue weighted by molar-refractivity contribution is -0.385. The van der Waals surface area contributed by atoms with Crippen LogP contribution in [-0.4, -0.2) is 24.7 Å². The molecule has 0 spiro atoms. The molecule has 0 amide bonds. The molecule has 19 heavy (non-hydrogen) atoms. The molecule has 0 radical (unpaired) electrons. The second-order valence-corrected chi connectivity index (χ2v) is 5.06. The van der Waals surface area contributed by atoms with Gasteiger partial charge in [-0.1, -0.05) is 6.07 Å². The standard InChI is InChI=1S/C14H20N2O3/c1-11-3-6-13(9-14(11)16(17)18)15-7-2-8-19-10-12-4-5-12/h3,6,9,12,15H,2,4-5,7-8,10H2,1H3. The van der Waals surface area contributed by atoms with Crippen molar-refractivity contribution in [2.24, 2.45) is 5.92 Å². The van der Waals surface area contributed by atoms with Gasteiger partial charge in [0.2, 0.25) is 0 Å². The third-order valence-corrected chi connectivity index (χ3v) is 3.25. The predicted molar refractivity (Wildman–Crippen MR) is 74.5 cm³/mol. The Morgan fingerprint density at radius 1 is 1.47 bits per heavy atom. The number of nitro groups is 1. The maximum atomic E-state index is 10.8. The molecule has 5 nitrogen and oxygen atoms in total. The summed E-state index contributed by atoms with van der Waals surface area (Å²) in [5.41, 5.74) is 1.64. The SMILES string of the molecule is Cc1ccc(NCCCOCC2CC2)cc1[N+](=O)[O-]. The first-order chi connectivity index (χ1) is 9.16. The van der Waals surface area contributed by atoms with E-state index in [0.29, 0.717) is 5.56 Å². The molecule has 1 aromatic carbocycles. The number of nitrogens with zero attached hydrogens (tertiary/aromatic N) is 1. The topological polar surface area (TPSA) is 64.4 Å². The molecule has 1 N–H and O–H groups in total. The third-order valence-electron chi connectivity index (χ3n) is 3.25. The summed E-state index contributed by atoms with van der Waals surface area (Å²) in [4.78, 5) is 10.5. The van der Waals surface area contributed by atoms with E-state index in [2.05, 4.69) is 5.32 Å². The van der Waals surface area contributed by atoms with E-state index in [0.717, 1.165) is 37.8 Å². The summed E-state index contributed by atoms with van der Waals surface area (Å²) in [6.45, 7) is 4.14. The largest absolute Gasteiger partial charge is 0.385 e. The van der Waals surface area contributed by atoms with E-state index in [1.54, 1.807) is 19.1 Å². The van der Waals surface area contributed by atoms with Crippen molar-refractivity contribution in [1.82, 2.24) is 0 Å². The van der Waals surface area contributed by atoms with E-state index in [9.17, 15) is 10.1 Å². The van der Waals surface area contributed by atoms with Crippen molar-refractivity contribution in [3.63, 3.8) is 0 Å². The fourth-order valence-electron chi connectivity index (χ4n) is 1.86. The minimum absolute atomic E-state index is 0.162. The second-order valence-electron chi connectivity index (χ2n) is 5.06. The van der Waals surface area contributed by atoms with Crippen LogP contribution in [0.15, 0.2) is 18.2 Å². The smallest absolute Gasteiger partial charge is 0.274 e. The molecule has 104 valence electrons. The number of ether oxygens (including phenoxy) is 1. The first kappa shape index (κ1) is 13.8. The molecule has 0 unspecified atom stereocenters. The maximum absolute atomic E-state index is 10.8. The molecule has 5 heteroatoms. The summed E-state index contributed by atoms with van der Waals surface area (Å²) in [5.74, 6) is 0.799. The van der Waals surface area contributed by atoms with Crippen LogP contribution >= 0.6 is 0 Å². The summed E-state index contributed by atoms with van der Waals surface area (Å²) in [5, 5.41) is 14.0. The zero-order valence-corrected chi connectivity index (χ0v) is 11.2. The van der Waals surface area contributed by atoms with Gasteiger partial charge in [0.15, 0.2) is 0 Å². The molecule has 0 atom stereocenters. The van der Waals surface area contributed by atoms with E-state index in [1.165, 1.54) is 12.8 Å². The predicted octanol–water partition coefficient (Wildman–Crippen LogP) is 3.13. The van der Waals surface area contributed by atoms with Gasteiger partial charge < -0.3 is 10.1 Å². The average molecular weight is 264 g/mol. The Bertz CT molecular complexity index is 444. The van der Waals surface area contributed by atoms with Crippen molar-refractivity contribution in [2.45, 2.75) is 26.2 Å². The van der Waals surface area contributed by atoms with E-state index < -0.39 is 0 Å². The Morgan fingerprint density at radius 2 is 2.26 bits per heavy atom. The number of anilines is 1. The second kappa shape index (κ2) is 6.52. The zero-order chi connectivity index (χ0) is 13.7. The van der Waals surface area contributed by atoms with E-state index in [-0.39, 0.29) is 10.6 Å². The van der Waals surface area contributed by atoms with Crippen molar-refractivity contribution in [3.05, 3.63) is 33.9 Å². The Kier molecular flexibility index (Phi) is 4.74. The number of hydrogen-bond acceptors (Lipinski definition) is 4. The van der Waals surface area contributed by atoms with Gasteiger partial charge in [-0.25, -0.2) is 0 Å². The number of aryl methyl sites for hydroxylation is 1. The summed E-state index contributed by atoms with van der Waals surface area (Å²) in [7, 11) is 0. The number of nitro benzene ring substituents is 1. The normalized spacial score (nSPS) is 14.4. The monoisotopic (exact) mass is 264 g/mol. The summed E-state index contributed by atoms with van der Waals surface area (Å²) in [6, 6.07) is 5.22. The van der Waals surface area contributed by atoms with Crippen molar-refractivity contribution in [3.8, 4) is 0 Å². The highest BCUT2D eigenvalue weighted by molar-refractivity contribution is 5.54. The fraction of sp³-hybridized carbons (Fsp3) is 0.571. The molecule has 2 rings (SSSR count). The summed E-state index contributed by atoms with van der Waals surface area (Å²) >= 11 is 0. The first-order valence-electron chi connectivity index (χ1n) is 6.73. The third kappa shape index (κ3) is 4.52. The quantitative estimate of drug-likeness (QED) is 0.445. The van der Waals surface area contributed by atoms with Crippen LogP contribution in [0.2, 0.25) is 0 Å². The average Bonchev–Trinajstić information content (AvgIpc) is 3.19. The molecule has 0 aromatic heterocycles. The van der Waals surface area contributed by atoms with Gasteiger partial charge in [0.05, 0.1) is 4.92 Å². The van der Waals surface area contributed by atoms with Crippen LogP contribution in [0.4, 0.5) is 11.4 Å². The van der Waals surface area contributed by atoms with E-state index in [4.69, 9.17) is 4.74 Å². The van der Waals surface area contributed by atoms with Gasteiger partial charge in [-0.3, -0.25) is 10.1 Å². The van der Waals surface area contributed by atoms with Crippen LogP contribution in [0.1, 0.15) is 24.8 Å². The molecule has 0 bridgehead atoms. The fourth-order valence-corrected chi connectivity index (χ4v) is 1.86. The Morgan fingerprint density at radius 3 is 2.95 bits per heavy atom. The van der Waals surface area contributed by atoms with Gasteiger partial charge in [0.25, 0.3) is 5.69 Å². The molecule has 0 aliphatic heterocycles. The van der Waals surface area contributed by atoms with Crippen molar-refractivity contribution < 1.29 is 9.66 Å². The number of nitrogens with one attached hydrogen (secondary N) is 1. The van der Waals surface area contributed by atoms with Gasteiger partial charge in [-0.2, -0.15) is 0 Å². The Labute approximate surface area is 113 Å². The molecule has 0 saturated heterocycles. The van der Waals surface area contributed by atoms with Crippen LogP contribution < -0.4 is 5.32 Å². The van der Waals surface area contributed by atoms with Gasteiger partial charge in [-0.15, -0.1) is 0 Å². The van der Waals surface area contributed by atoms with Gasteiger partial charge in [0.1, 0.15) is 0 Å². The molecular weight excluding hydrogens is 244 g/mol. The highest BCUT2D eigenvalue weighted by Gasteiger charge is 2.20. The molecule has 1 aliphatic carbocycles. The lowest BCUT2D eigenvalue weighted by Gasteiger charge is -2.07. The highest BCUT2D eigenvalue weighted by atomic mass is 16.6. The van der Waals surface area contributed by atoms with E-state index in [1.807, 2.05) is 6.07 Å². The maximum Gasteiger partial charge on any atom is 0.274 e. The number of hydrogen-bond donors (Lipinski definition) is 1.